The van der Waals surface area contributed by atoms with E-state index in [-0.39, 0.29) is 6.61 Å². The number of hydrogen-bond donors (Lipinski definition) is 2. The van der Waals surface area contributed by atoms with Crippen molar-refractivity contribution in [3.63, 3.8) is 0 Å². The molecule has 1 rings (SSSR count). The maximum absolute atomic E-state index is 8.87. The van der Waals surface area contributed by atoms with Crippen molar-refractivity contribution in [2.45, 2.75) is 33.4 Å². The Labute approximate surface area is 104 Å². The molecule has 0 unspecified atom stereocenters. The second kappa shape index (κ2) is 8.28. The van der Waals surface area contributed by atoms with E-state index in [4.69, 9.17) is 9.52 Å². The number of nitrogens with zero attached hydrogens (tertiary/aromatic N) is 1. The van der Waals surface area contributed by atoms with E-state index in [1.165, 1.54) is 6.42 Å². The number of rotatable bonds is 9. The van der Waals surface area contributed by atoms with Crippen LogP contribution in [0.15, 0.2) is 16.5 Å². The molecule has 98 valence electrons. The maximum atomic E-state index is 8.87. The Morgan fingerprint density at radius 1 is 1.24 bits per heavy atom. The molecule has 0 atom stereocenters. The van der Waals surface area contributed by atoms with Gasteiger partial charge in [0.25, 0.3) is 0 Å². The van der Waals surface area contributed by atoms with Crippen molar-refractivity contribution in [2.75, 3.05) is 26.2 Å². The van der Waals surface area contributed by atoms with Gasteiger partial charge in [0.15, 0.2) is 0 Å². The number of aliphatic hydroxyl groups excluding tert-OH is 1. The highest BCUT2D eigenvalue weighted by Gasteiger charge is 2.02. The molecule has 0 spiro atoms. The minimum atomic E-state index is -0.0277. The van der Waals surface area contributed by atoms with Crippen LogP contribution in [0.3, 0.4) is 0 Å². The van der Waals surface area contributed by atoms with Crippen molar-refractivity contribution >= 4 is 0 Å². The minimum absolute atomic E-state index is 0.0277. The van der Waals surface area contributed by atoms with Crippen LogP contribution in [0.4, 0.5) is 0 Å². The van der Waals surface area contributed by atoms with Crippen molar-refractivity contribution in [1.82, 2.24) is 10.2 Å². The molecule has 1 heterocycles. The van der Waals surface area contributed by atoms with Gasteiger partial charge in [0.05, 0.1) is 6.54 Å². The zero-order valence-electron chi connectivity index (χ0n) is 10.9. The minimum Gasteiger partial charge on any atom is -0.462 e. The number of aliphatic hydroxyl groups is 1. The lowest BCUT2D eigenvalue weighted by atomic mass is 10.4. The van der Waals surface area contributed by atoms with E-state index < -0.39 is 0 Å². The third-order valence-corrected chi connectivity index (χ3v) is 2.76. The molecular formula is C13H24N2O2. The second-order valence-corrected chi connectivity index (χ2v) is 4.14. The molecule has 2 N–H and O–H groups in total. The van der Waals surface area contributed by atoms with E-state index in [1.54, 1.807) is 0 Å². The summed E-state index contributed by atoms with van der Waals surface area (Å²) in [5.41, 5.74) is 0. The molecule has 0 bridgehead atoms. The summed E-state index contributed by atoms with van der Waals surface area (Å²) in [4.78, 5) is 2.42. The Morgan fingerprint density at radius 2 is 2.00 bits per heavy atom. The molecule has 0 aliphatic rings. The average Bonchev–Trinajstić information content (AvgIpc) is 2.81. The Balaban J connectivity index is 2.14. The highest BCUT2D eigenvalue weighted by Crippen LogP contribution is 2.06. The summed E-state index contributed by atoms with van der Waals surface area (Å²) in [6, 6.07) is 3.72. The van der Waals surface area contributed by atoms with Gasteiger partial charge in [0.2, 0.25) is 0 Å². The van der Waals surface area contributed by atoms with Crippen LogP contribution in [0.1, 0.15) is 31.8 Å². The van der Waals surface area contributed by atoms with Gasteiger partial charge in [-0.2, -0.15) is 0 Å². The lowest BCUT2D eigenvalue weighted by Crippen LogP contribution is -2.32. The summed E-state index contributed by atoms with van der Waals surface area (Å²) in [5.74, 6) is 1.51. The zero-order valence-corrected chi connectivity index (χ0v) is 10.9. The smallest absolute Gasteiger partial charge is 0.129 e. The maximum Gasteiger partial charge on any atom is 0.129 e. The first kappa shape index (κ1) is 14.2. The Morgan fingerprint density at radius 3 is 2.59 bits per heavy atom. The highest BCUT2D eigenvalue weighted by molar-refractivity contribution is 5.05. The van der Waals surface area contributed by atoms with E-state index in [9.17, 15) is 0 Å². The van der Waals surface area contributed by atoms with Crippen LogP contribution in [0, 0.1) is 0 Å². The molecule has 17 heavy (non-hydrogen) atoms. The van der Waals surface area contributed by atoms with Gasteiger partial charge in [-0.05, 0) is 31.6 Å². The van der Waals surface area contributed by atoms with E-state index in [2.05, 4.69) is 24.1 Å². The predicted octanol–water partition coefficient (Wildman–Crippen LogP) is 1.59. The van der Waals surface area contributed by atoms with Crippen LogP contribution in [0.25, 0.3) is 0 Å². The molecule has 0 radical (unpaired) electrons. The van der Waals surface area contributed by atoms with Crippen LogP contribution in [0.5, 0.6) is 0 Å². The lowest BCUT2D eigenvalue weighted by molar-refractivity contribution is 0.242. The van der Waals surface area contributed by atoms with Crippen LogP contribution in [-0.2, 0) is 13.2 Å². The SMILES string of the molecule is CCCN(CC)CCNCc1ccc(CO)o1. The largest absolute Gasteiger partial charge is 0.462 e. The summed E-state index contributed by atoms with van der Waals surface area (Å²) in [6.07, 6.45) is 1.20. The zero-order chi connectivity index (χ0) is 12.5. The summed E-state index contributed by atoms with van der Waals surface area (Å²) >= 11 is 0. The van der Waals surface area contributed by atoms with Crippen molar-refractivity contribution in [2.24, 2.45) is 0 Å². The van der Waals surface area contributed by atoms with E-state index >= 15 is 0 Å². The standard InChI is InChI=1S/C13H24N2O2/c1-3-8-15(4-2)9-7-14-10-12-5-6-13(11-16)17-12/h5-6,14,16H,3-4,7-11H2,1-2H3. The molecule has 0 aliphatic heterocycles. The molecule has 1 aromatic heterocycles. The van der Waals surface area contributed by atoms with Crippen LogP contribution < -0.4 is 5.32 Å². The number of hydrogen-bond acceptors (Lipinski definition) is 4. The lowest BCUT2D eigenvalue weighted by Gasteiger charge is -2.19. The molecule has 1 aromatic rings. The number of nitrogens with one attached hydrogen (secondary N) is 1. The van der Waals surface area contributed by atoms with Crippen molar-refractivity contribution in [3.8, 4) is 0 Å². The van der Waals surface area contributed by atoms with Gasteiger partial charge in [-0.3, -0.25) is 0 Å². The van der Waals surface area contributed by atoms with Gasteiger partial charge in [-0.1, -0.05) is 13.8 Å². The fourth-order valence-corrected chi connectivity index (χ4v) is 1.80. The van der Waals surface area contributed by atoms with Crippen LogP contribution in [0.2, 0.25) is 0 Å². The molecule has 0 aromatic carbocycles. The van der Waals surface area contributed by atoms with Crippen LogP contribution >= 0.6 is 0 Å². The summed E-state index contributed by atoms with van der Waals surface area (Å²) in [6.45, 7) is 9.38. The average molecular weight is 240 g/mol. The molecule has 0 saturated heterocycles. The monoisotopic (exact) mass is 240 g/mol. The third-order valence-electron chi connectivity index (χ3n) is 2.76. The number of furan rings is 1. The topological polar surface area (TPSA) is 48.6 Å². The number of likely N-dealkylation sites (N-methyl/N-ethyl adjacent to an activating group) is 1. The Bertz CT molecular complexity index is 299. The van der Waals surface area contributed by atoms with Crippen molar-refractivity contribution < 1.29 is 9.52 Å². The molecule has 0 amide bonds. The van der Waals surface area contributed by atoms with Gasteiger partial charge in [0, 0.05) is 13.1 Å². The molecule has 0 aliphatic carbocycles. The fraction of sp³-hybridized carbons (Fsp3) is 0.692. The molecule has 0 fully saturated rings. The first-order valence-corrected chi connectivity index (χ1v) is 6.41. The normalized spacial score (nSPS) is 11.3. The first-order chi connectivity index (χ1) is 8.30. The van der Waals surface area contributed by atoms with Gasteiger partial charge >= 0.3 is 0 Å². The van der Waals surface area contributed by atoms with Crippen LogP contribution in [-0.4, -0.2) is 36.2 Å². The molecular weight excluding hydrogens is 216 g/mol. The van der Waals surface area contributed by atoms with Gasteiger partial charge in [-0.25, -0.2) is 0 Å². The van der Waals surface area contributed by atoms with E-state index in [0.29, 0.717) is 5.76 Å². The van der Waals surface area contributed by atoms with Gasteiger partial charge < -0.3 is 19.7 Å². The van der Waals surface area contributed by atoms with E-state index in [1.807, 2.05) is 12.1 Å². The third kappa shape index (κ3) is 5.35. The molecule has 4 heteroatoms. The Hall–Kier alpha value is -0.840. The van der Waals surface area contributed by atoms with E-state index in [0.717, 1.165) is 38.5 Å². The summed E-state index contributed by atoms with van der Waals surface area (Å²) in [5, 5.41) is 12.2. The van der Waals surface area contributed by atoms with Crippen molar-refractivity contribution in [3.05, 3.63) is 23.7 Å². The summed E-state index contributed by atoms with van der Waals surface area (Å²) < 4.78 is 5.39. The van der Waals surface area contributed by atoms with Crippen molar-refractivity contribution in [1.29, 1.82) is 0 Å². The Kier molecular flexibility index (Phi) is 6.93. The predicted molar refractivity (Wildman–Crippen MR) is 68.7 cm³/mol. The first-order valence-electron chi connectivity index (χ1n) is 6.41. The van der Waals surface area contributed by atoms with Gasteiger partial charge in [0.1, 0.15) is 18.1 Å². The quantitative estimate of drug-likeness (QED) is 0.644. The fourth-order valence-electron chi connectivity index (χ4n) is 1.80. The summed E-state index contributed by atoms with van der Waals surface area (Å²) in [7, 11) is 0. The second-order valence-electron chi connectivity index (χ2n) is 4.14. The van der Waals surface area contributed by atoms with Gasteiger partial charge in [-0.15, -0.1) is 0 Å². The molecule has 4 nitrogen and oxygen atoms in total. The molecule has 0 saturated carbocycles. The highest BCUT2D eigenvalue weighted by atomic mass is 16.4.